The van der Waals surface area contributed by atoms with Crippen molar-refractivity contribution in [2.45, 2.75) is 13.5 Å². The lowest BCUT2D eigenvalue weighted by molar-refractivity contribution is -0.123. The molecule has 1 aliphatic heterocycles. The van der Waals surface area contributed by atoms with Crippen LogP contribution in [0.1, 0.15) is 27.0 Å². The van der Waals surface area contributed by atoms with Gasteiger partial charge in [0.25, 0.3) is 11.1 Å². The maximum Gasteiger partial charge on any atom is 0.345 e. The van der Waals surface area contributed by atoms with Crippen molar-refractivity contribution in [3.05, 3.63) is 97.9 Å². The summed E-state index contributed by atoms with van der Waals surface area (Å²) in [6.45, 7) is 2.16. The van der Waals surface area contributed by atoms with Crippen LogP contribution in [-0.4, -0.2) is 29.1 Å². The van der Waals surface area contributed by atoms with E-state index in [0.29, 0.717) is 15.5 Å². The topological polar surface area (TPSA) is 72.9 Å². The molecule has 0 unspecified atom stereocenters. The highest BCUT2D eigenvalue weighted by atomic mass is 35.5. The van der Waals surface area contributed by atoms with Crippen LogP contribution in [0.25, 0.3) is 6.08 Å². The molecule has 0 spiro atoms. The third-order valence-electron chi connectivity index (χ3n) is 5.14. The van der Waals surface area contributed by atoms with Gasteiger partial charge in [0.05, 0.1) is 29.1 Å². The molecule has 178 valence electrons. The number of hydrogen-bond donors (Lipinski definition) is 0. The zero-order valence-corrected chi connectivity index (χ0v) is 21.0. The molecule has 0 aromatic heterocycles. The highest BCUT2D eigenvalue weighted by Crippen LogP contribution is 2.36. The lowest BCUT2D eigenvalue weighted by Gasteiger charge is -2.13. The predicted molar refractivity (Wildman–Crippen MR) is 137 cm³/mol. The number of carbonyl (C=O) groups is 3. The molecule has 1 heterocycles. The summed E-state index contributed by atoms with van der Waals surface area (Å²) in [6.07, 6.45) is 1.60. The molecule has 0 N–H and O–H groups in total. The second kappa shape index (κ2) is 10.6. The van der Waals surface area contributed by atoms with Gasteiger partial charge in [0.1, 0.15) is 0 Å². The van der Waals surface area contributed by atoms with Crippen LogP contribution in [0.5, 0.6) is 11.5 Å². The van der Waals surface area contributed by atoms with Crippen LogP contribution in [0.4, 0.5) is 4.79 Å². The zero-order chi connectivity index (χ0) is 25.1. The summed E-state index contributed by atoms with van der Waals surface area (Å²) < 4.78 is 10.8. The standard InChI is InChI=1S/C26H19Cl2NO5S/c1-15-4-3-5-17(10-15)14-29-24(30)23(35-26(29)32)12-16-6-9-21(22(11-16)33-2)34-25(31)19-8-7-18(27)13-20(19)28/h3-13H,14H2,1-2H3/b23-12-. The number of halogens is 2. The minimum absolute atomic E-state index is 0.157. The molecule has 6 nitrogen and oxygen atoms in total. The van der Waals surface area contributed by atoms with Gasteiger partial charge in [-0.2, -0.15) is 0 Å². The Morgan fingerprint density at radius 1 is 1.03 bits per heavy atom. The molecule has 3 aromatic carbocycles. The predicted octanol–water partition coefficient (Wildman–Crippen LogP) is 6.77. The molecule has 35 heavy (non-hydrogen) atoms. The fraction of sp³-hybridized carbons (Fsp3) is 0.115. The first kappa shape index (κ1) is 24.9. The van der Waals surface area contributed by atoms with E-state index < -0.39 is 5.97 Å². The van der Waals surface area contributed by atoms with E-state index >= 15 is 0 Å². The van der Waals surface area contributed by atoms with E-state index in [-0.39, 0.29) is 39.8 Å². The van der Waals surface area contributed by atoms with Gasteiger partial charge in [-0.3, -0.25) is 14.5 Å². The summed E-state index contributed by atoms with van der Waals surface area (Å²) in [7, 11) is 1.43. The normalized spacial score (nSPS) is 14.5. The third-order valence-corrected chi connectivity index (χ3v) is 6.59. The van der Waals surface area contributed by atoms with Gasteiger partial charge in [-0.05, 0) is 66.2 Å². The Morgan fingerprint density at radius 2 is 1.83 bits per heavy atom. The number of thioether (sulfide) groups is 1. The number of carbonyl (C=O) groups excluding carboxylic acids is 3. The molecule has 1 fully saturated rings. The third kappa shape index (κ3) is 5.70. The number of benzene rings is 3. The van der Waals surface area contributed by atoms with Crippen molar-refractivity contribution in [2.75, 3.05) is 7.11 Å². The number of imide groups is 1. The van der Waals surface area contributed by atoms with Crippen LogP contribution < -0.4 is 9.47 Å². The van der Waals surface area contributed by atoms with Gasteiger partial charge in [-0.1, -0.05) is 59.1 Å². The Morgan fingerprint density at radius 3 is 2.54 bits per heavy atom. The molecule has 1 saturated heterocycles. The number of methoxy groups -OCH3 is 1. The maximum atomic E-state index is 12.9. The van der Waals surface area contributed by atoms with E-state index in [4.69, 9.17) is 32.7 Å². The number of amides is 2. The molecule has 2 amide bonds. The first-order chi connectivity index (χ1) is 16.7. The van der Waals surface area contributed by atoms with Crippen molar-refractivity contribution in [3.63, 3.8) is 0 Å². The quantitative estimate of drug-likeness (QED) is 0.200. The van der Waals surface area contributed by atoms with Crippen molar-refractivity contribution >= 4 is 58.2 Å². The van der Waals surface area contributed by atoms with E-state index in [1.807, 2.05) is 31.2 Å². The fourth-order valence-corrected chi connectivity index (χ4v) is 4.77. The van der Waals surface area contributed by atoms with Crippen molar-refractivity contribution in [3.8, 4) is 11.5 Å². The Kier molecular flexibility index (Phi) is 7.50. The summed E-state index contributed by atoms with van der Waals surface area (Å²) in [6, 6.07) is 16.9. The lowest BCUT2D eigenvalue weighted by Crippen LogP contribution is -2.27. The largest absolute Gasteiger partial charge is 0.493 e. The number of hydrogen-bond acceptors (Lipinski definition) is 6. The molecule has 9 heteroatoms. The number of aryl methyl sites for hydroxylation is 1. The van der Waals surface area contributed by atoms with Crippen molar-refractivity contribution in [1.82, 2.24) is 4.90 Å². The van der Waals surface area contributed by atoms with E-state index in [9.17, 15) is 14.4 Å². The number of esters is 1. The average molecular weight is 528 g/mol. The fourth-order valence-electron chi connectivity index (χ4n) is 3.45. The van der Waals surface area contributed by atoms with Gasteiger partial charge < -0.3 is 9.47 Å². The van der Waals surface area contributed by atoms with Gasteiger partial charge in [0, 0.05) is 5.02 Å². The van der Waals surface area contributed by atoms with Gasteiger partial charge >= 0.3 is 5.97 Å². The highest BCUT2D eigenvalue weighted by molar-refractivity contribution is 8.18. The van der Waals surface area contributed by atoms with Crippen LogP contribution in [0.3, 0.4) is 0 Å². The van der Waals surface area contributed by atoms with Gasteiger partial charge in [-0.25, -0.2) is 4.79 Å². The number of ether oxygens (including phenoxy) is 2. The summed E-state index contributed by atoms with van der Waals surface area (Å²) >= 11 is 12.8. The van der Waals surface area contributed by atoms with Crippen molar-refractivity contribution in [1.29, 1.82) is 0 Å². The summed E-state index contributed by atoms with van der Waals surface area (Å²) in [4.78, 5) is 39.4. The number of rotatable bonds is 6. The van der Waals surface area contributed by atoms with Crippen molar-refractivity contribution < 1.29 is 23.9 Å². The van der Waals surface area contributed by atoms with Crippen LogP contribution in [0.2, 0.25) is 10.0 Å². The summed E-state index contributed by atoms with van der Waals surface area (Å²) in [5, 5.41) is 0.233. The number of nitrogens with zero attached hydrogens (tertiary/aromatic N) is 1. The van der Waals surface area contributed by atoms with Crippen LogP contribution >= 0.6 is 35.0 Å². The average Bonchev–Trinajstić information content (AvgIpc) is 3.07. The van der Waals surface area contributed by atoms with Crippen LogP contribution in [-0.2, 0) is 11.3 Å². The first-order valence-corrected chi connectivity index (χ1v) is 12.0. The maximum absolute atomic E-state index is 12.9. The van der Waals surface area contributed by atoms with Crippen LogP contribution in [0, 0.1) is 6.92 Å². The Balaban J connectivity index is 1.52. The first-order valence-electron chi connectivity index (χ1n) is 10.4. The Bertz CT molecular complexity index is 1370. The molecular formula is C26H19Cl2NO5S. The van der Waals surface area contributed by atoms with E-state index in [1.165, 1.54) is 30.2 Å². The molecule has 0 bridgehead atoms. The molecular weight excluding hydrogens is 509 g/mol. The van der Waals surface area contributed by atoms with Gasteiger partial charge in [0.2, 0.25) is 0 Å². The monoisotopic (exact) mass is 527 g/mol. The van der Waals surface area contributed by atoms with Gasteiger partial charge in [-0.15, -0.1) is 0 Å². The van der Waals surface area contributed by atoms with Crippen LogP contribution in [0.15, 0.2) is 65.6 Å². The SMILES string of the molecule is COc1cc(/C=C2\SC(=O)N(Cc3cccc(C)c3)C2=O)ccc1OC(=O)c1ccc(Cl)cc1Cl. The van der Waals surface area contributed by atoms with E-state index in [0.717, 1.165) is 22.9 Å². The second-order valence-corrected chi connectivity index (χ2v) is 9.52. The molecule has 3 aromatic rings. The second-order valence-electron chi connectivity index (χ2n) is 7.68. The molecule has 0 radical (unpaired) electrons. The lowest BCUT2D eigenvalue weighted by atomic mass is 10.1. The summed E-state index contributed by atoms with van der Waals surface area (Å²) in [5.74, 6) is -0.590. The molecule has 0 saturated carbocycles. The Labute approximate surface area is 216 Å². The molecule has 4 rings (SSSR count). The summed E-state index contributed by atoms with van der Waals surface area (Å²) in [5.41, 5.74) is 2.69. The minimum atomic E-state index is -0.671. The minimum Gasteiger partial charge on any atom is -0.493 e. The molecule has 1 aliphatic rings. The van der Waals surface area contributed by atoms with E-state index in [2.05, 4.69) is 0 Å². The van der Waals surface area contributed by atoms with Crippen molar-refractivity contribution in [2.24, 2.45) is 0 Å². The Hall–Kier alpha value is -3.26. The molecule has 0 atom stereocenters. The highest BCUT2D eigenvalue weighted by Gasteiger charge is 2.35. The molecule has 0 aliphatic carbocycles. The van der Waals surface area contributed by atoms with Gasteiger partial charge in [0.15, 0.2) is 11.5 Å². The van der Waals surface area contributed by atoms with E-state index in [1.54, 1.807) is 24.3 Å². The zero-order valence-electron chi connectivity index (χ0n) is 18.7. The smallest absolute Gasteiger partial charge is 0.345 e.